The van der Waals surface area contributed by atoms with E-state index < -0.39 is 0 Å². The molecule has 44 heavy (non-hydrogen) atoms. The number of fused-ring (bicyclic) bond motifs is 4. The van der Waals surface area contributed by atoms with Gasteiger partial charge in [0.25, 0.3) is 0 Å². The van der Waals surface area contributed by atoms with E-state index in [4.69, 9.17) is 4.98 Å². The van der Waals surface area contributed by atoms with E-state index in [0.29, 0.717) is 0 Å². The molecule has 0 fully saturated rings. The van der Waals surface area contributed by atoms with E-state index >= 15 is 0 Å². The third-order valence-electron chi connectivity index (χ3n) is 8.85. The van der Waals surface area contributed by atoms with Crippen molar-refractivity contribution in [1.82, 2.24) is 14.9 Å². The van der Waals surface area contributed by atoms with Crippen molar-refractivity contribution in [2.24, 2.45) is 0 Å². The number of dihydropyridines is 1. The Bertz CT molecular complexity index is 2270. The van der Waals surface area contributed by atoms with Crippen LogP contribution in [-0.4, -0.2) is 9.55 Å². The first-order valence-corrected chi connectivity index (χ1v) is 15.0. The highest BCUT2D eigenvalue weighted by atomic mass is 15.0. The fourth-order valence-corrected chi connectivity index (χ4v) is 6.71. The van der Waals surface area contributed by atoms with E-state index in [1.807, 2.05) is 18.3 Å². The largest absolute Gasteiger partial charge is 0.373 e. The molecule has 2 aromatic heterocycles. The van der Waals surface area contributed by atoms with Gasteiger partial charge in [-0.25, -0.2) is 0 Å². The van der Waals surface area contributed by atoms with E-state index in [0.717, 1.165) is 33.9 Å². The Labute approximate surface area is 257 Å². The molecular weight excluding hydrogens is 534 g/mol. The number of para-hydroxylation sites is 1. The highest BCUT2D eigenvalue weighted by Crippen LogP contribution is 2.37. The lowest BCUT2D eigenvalue weighted by atomic mass is 9.91. The van der Waals surface area contributed by atoms with Crippen molar-refractivity contribution in [3.05, 3.63) is 174 Å². The monoisotopic (exact) mass is 565 g/mol. The van der Waals surface area contributed by atoms with Gasteiger partial charge in [0.2, 0.25) is 0 Å². The summed E-state index contributed by atoms with van der Waals surface area (Å²) >= 11 is 0. The maximum Gasteiger partial charge on any atom is 0.0879 e. The van der Waals surface area contributed by atoms with Crippen molar-refractivity contribution in [3.63, 3.8) is 0 Å². The maximum atomic E-state index is 4.73. The standard InChI is InChI=1S/C41H31N3/c1-3-40-27(2)32-13-8-9-18-41(32)44(40)31-21-19-28(20-22-31)30-25-38(43-39(26-30)37-17-10-11-23-42-37)36-24-29-12-4-5-14-33(29)34-15-6-7-16-35(34)36/h3-26,39,43H,1H2,2H3. The Morgan fingerprint density at radius 2 is 1.45 bits per heavy atom. The van der Waals surface area contributed by atoms with Crippen LogP contribution in [0.15, 0.2) is 146 Å². The molecular formula is C41H31N3. The molecule has 0 amide bonds. The predicted molar refractivity (Wildman–Crippen MR) is 186 cm³/mol. The van der Waals surface area contributed by atoms with Crippen LogP contribution in [0.25, 0.3) is 55.5 Å². The number of benzene rings is 5. The lowest BCUT2D eigenvalue weighted by molar-refractivity contribution is 0.740. The topological polar surface area (TPSA) is 29.9 Å². The van der Waals surface area contributed by atoms with Crippen LogP contribution in [-0.2, 0) is 0 Å². The van der Waals surface area contributed by atoms with Gasteiger partial charge >= 0.3 is 0 Å². The minimum absolute atomic E-state index is 0.0699. The number of hydrogen-bond donors (Lipinski definition) is 1. The molecule has 1 unspecified atom stereocenters. The van der Waals surface area contributed by atoms with Gasteiger partial charge in [0.1, 0.15) is 0 Å². The zero-order chi connectivity index (χ0) is 29.6. The third-order valence-corrected chi connectivity index (χ3v) is 8.85. The maximum absolute atomic E-state index is 4.73. The van der Waals surface area contributed by atoms with Crippen LogP contribution in [0.1, 0.15) is 34.1 Å². The summed E-state index contributed by atoms with van der Waals surface area (Å²) in [5.74, 6) is 0. The molecule has 7 aromatic rings. The van der Waals surface area contributed by atoms with Crippen molar-refractivity contribution in [2.45, 2.75) is 13.0 Å². The Morgan fingerprint density at radius 3 is 2.23 bits per heavy atom. The van der Waals surface area contributed by atoms with E-state index in [2.05, 4.69) is 151 Å². The van der Waals surface area contributed by atoms with Gasteiger partial charge in [-0.3, -0.25) is 4.98 Å². The molecule has 0 saturated heterocycles. The summed E-state index contributed by atoms with van der Waals surface area (Å²) in [5, 5.41) is 10.1. The Morgan fingerprint density at radius 1 is 0.750 bits per heavy atom. The van der Waals surface area contributed by atoms with Gasteiger partial charge in [0, 0.05) is 34.2 Å². The van der Waals surface area contributed by atoms with Crippen LogP contribution >= 0.6 is 0 Å². The summed E-state index contributed by atoms with van der Waals surface area (Å²) < 4.78 is 2.30. The van der Waals surface area contributed by atoms with E-state index in [9.17, 15) is 0 Å². The van der Waals surface area contributed by atoms with Gasteiger partial charge in [0.15, 0.2) is 0 Å². The molecule has 1 aliphatic rings. The van der Waals surface area contributed by atoms with Crippen molar-refractivity contribution >= 4 is 49.8 Å². The quantitative estimate of drug-likeness (QED) is 0.211. The highest BCUT2D eigenvalue weighted by Gasteiger charge is 2.21. The number of pyridine rings is 1. The summed E-state index contributed by atoms with van der Waals surface area (Å²) in [4.78, 5) is 4.73. The SMILES string of the molecule is C=Cc1c(C)c2ccccc2n1-c1ccc(C2=CC(c3ccccn3)NC(c3cc4ccccc4c4ccccc34)=C2)cc1. The number of aromatic nitrogens is 2. The van der Waals surface area contributed by atoms with Crippen LogP contribution in [0.5, 0.6) is 0 Å². The molecule has 1 atom stereocenters. The summed E-state index contributed by atoms with van der Waals surface area (Å²) in [7, 11) is 0. The van der Waals surface area contributed by atoms with Crippen molar-refractivity contribution < 1.29 is 0 Å². The molecule has 1 aliphatic heterocycles. The number of allylic oxidation sites excluding steroid dienone is 2. The van der Waals surface area contributed by atoms with Gasteiger partial charge in [-0.1, -0.05) is 91.5 Å². The lowest BCUT2D eigenvalue weighted by Crippen LogP contribution is -2.22. The summed E-state index contributed by atoms with van der Waals surface area (Å²) in [6.07, 6.45) is 8.39. The zero-order valence-electron chi connectivity index (χ0n) is 24.5. The second kappa shape index (κ2) is 10.6. The fourth-order valence-electron chi connectivity index (χ4n) is 6.71. The molecule has 0 spiro atoms. The predicted octanol–water partition coefficient (Wildman–Crippen LogP) is 10.1. The van der Waals surface area contributed by atoms with Crippen LogP contribution < -0.4 is 5.32 Å². The molecule has 3 nitrogen and oxygen atoms in total. The first kappa shape index (κ1) is 26.0. The number of aryl methyl sites for hydroxylation is 1. The third kappa shape index (κ3) is 4.25. The van der Waals surface area contributed by atoms with Gasteiger partial charge in [-0.05, 0) is 99.8 Å². The minimum Gasteiger partial charge on any atom is -0.373 e. The van der Waals surface area contributed by atoms with Gasteiger partial charge in [-0.2, -0.15) is 0 Å². The van der Waals surface area contributed by atoms with Crippen LogP contribution in [0.4, 0.5) is 0 Å². The van der Waals surface area contributed by atoms with Crippen molar-refractivity contribution in [1.29, 1.82) is 0 Å². The summed E-state index contributed by atoms with van der Waals surface area (Å²) in [5.41, 5.74) is 10.3. The molecule has 3 heterocycles. The Hall–Kier alpha value is -5.67. The summed E-state index contributed by atoms with van der Waals surface area (Å²) in [6.45, 7) is 6.30. The van der Waals surface area contributed by atoms with Crippen molar-refractivity contribution in [3.8, 4) is 5.69 Å². The van der Waals surface area contributed by atoms with E-state index in [1.165, 1.54) is 43.6 Å². The normalized spacial score (nSPS) is 14.8. The molecule has 1 N–H and O–H groups in total. The average molecular weight is 566 g/mol. The molecule has 0 bridgehead atoms. The molecule has 0 saturated carbocycles. The second-order valence-corrected chi connectivity index (χ2v) is 11.4. The Kier molecular flexibility index (Phi) is 6.23. The number of rotatable bonds is 5. The van der Waals surface area contributed by atoms with Crippen molar-refractivity contribution in [2.75, 3.05) is 0 Å². The van der Waals surface area contributed by atoms with E-state index in [1.54, 1.807) is 0 Å². The first-order valence-electron chi connectivity index (χ1n) is 15.0. The average Bonchev–Trinajstić information content (AvgIpc) is 3.39. The van der Waals surface area contributed by atoms with Gasteiger partial charge < -0.3 is 9.88 Å². The first-order chi connectivity index (χ1) is 21.7. The van der Waals surface area contributed by atoms with Crippen LogP contribution in [0.3, 0.4) is 0 Å². The van der Waals surface area contributed by atoms with Gasteiger partial charge in [0.05, 0.1) is 17.3 Å². The number of nitrogens with one attached hydrogen (secondary N) is 1. The lowest BCUT2D eigenvalue weighted by Gasteiger charge is -2.26. The second-order valence-electron chi connectivity index (χ2n) is 11.4. The Balaban J connectivity index is 1.27. The van der Waals surface area contributed by atoms with Crippen LogP contribution in [0.2, 0.25) is 0 Å². The van der Waals surface area contributed by atoms with Crippen LogP contribution in [0, 0.1) is 6.92 Å². The van der Waals surface area contributed by atoms with E-state index in [-0.39, 0.29) is 6.04 Å². The minimum atomic E-state index is -0.0699. The summed E-state index contributed by atoms with van der Waals surface area (Å²) in [6, 6.07) is 43.1. The molecule has 210 valence electrons. The molecule has 5 aromatic carbocycles. The molecule has 0 radical (unpaired) electrons. The molecule has 0 aliphatic carbocycles. The van der Waals surface area contributed by atoms with Gasteiger partial charge in [-0.15, -0.1) is 0 Å². The molecule has 8 rings (SSSR count). The number of hydrogen-bond acceptors (Lipinski definition) is 2. The molecule has 3 heteroatoms. The highest BCUT2D eigenvalue weighted by molar-refractivity contribution is 6.12. The number of nitrogens with zero attached hydrogens (tertiary/aromatic N) is 2. The zero-order valence-corrected chi connectivity index (χ0v) is 24.5. The fraction of sp³-hybridized carbons (Fsp3) is 0.0488. The smallest absolute Gasteiger partial charge is 0.0879 e.